The molecule has 3 N–H and O–H groups in total. The van der Waals surface area contributed by atoms with E-state index in [4.69, 9.17) is 14.6 Å². The molecule has 39 heavy (non-hydrogen) atoms. The number of nitrogens with zero attached hydrogens (tertiary/aromatic N) is 3. The number of alkyl halides is 3. The highest BCUT2D eigenvalue weighted by molar-refractivity contribution is 7.93. The van der Waals surface area contributed by atoms with E-state index in [9.17, 15) is 26.7 Å². The number of carboxylic acids is 1. The zero-order valence-corrected chi connectivity index (χ0v) is 21.3. The summed E-state index contributed by atoms with van der Waals surface area (Å²) in [4.78, 5) is 19.1. The highest BCUT2D eigenvalue weighted by atomic mass is 32.2. The summed E-state index contributed by atoms with van der Waals surface area (Å²) in [7, 11) is -3.79. The van der Waals surface area contributed by atoms with Gasteiger partial charge in [0.05, 0.1) is 17.1 Å². The number of hydrogen-bond acceptors (Lipinski definition) is 9. The normalized spacial score (nSPS) is 12.9. The number of aliphatic carboxylic acids is 1. The number of pyridine rings is 1. The van der Waals surface area contributed by atoms with E-state index in [1.54, 1.807) is 29.8 Å². The highest BCUT2D eigenvalue weighted by Gasteiger charge is 2.38. The van der Waals surface area contributed by atoms with Crippen LogP contribution in [0, 0.1) is 0 Å². The number of thiazole rings is 1. The molecule has 0 bridgehead atoms. The van der Waals surface area contributed by atoms with Crippen molar-refractivity contribution in [1.29, 1.82) is 0 Å². The number of anilines is 3. The molecule has 15 heteroatoms. The third-order valence-electron chi connectivity index (χ3n) is 5.26. The van der Waals surface area contributed by atoms with Gasteiger partial charge in [0, 0.05) is 46.7 Å². The van der Waals surface area contributed by atoms with Gasteiger partial charge in [-0.1, -0.05) is 18.2 Å². The number of sulfonamides is 1. The second-order valence-corrected chi connectivity index (χ2v) is 10.4. The Morgan fingerprint density at radius 2 is 1.82 bits per heavy atom. The van der Waals surface area contributed by atoms with Gasteiger partial charge in [-0.15, -0.1) is 11.3 Å². The van der Waals surface area contributed by atoms with Gasteiger partial charge in [-0.3, -0.25) is 4.72 Å². The van der Waals surface area contributed by atoms with Gasteiger partial charge in [0.2, 0.25) is 5.88 Å². The van der Waals surface area contributed by atoms with Gasteiger partial charge in [-0.05, 0) is 24.3 Å². The van der Waals surface area contributed by atoms with Crippen LogP contribution >= 0.6 is 11.3 Å². The van der Waals surface area contributed by atoms with E-state index in [2.05, 4.69) is 19.6 Å². The number of halogens is 3. The van der Waals surface area contributed by atoms with Crippen molar-refractivity contribution >= 4 is 43.8 Å². The molecular formula is C24H19F3N4O6S2. The lowest BCUT2D eigenvalue weighted by molar-refractivity contribution is -0.192. The zero-order valence-electron chi connectivity index (χ0n) is 19.7. The SMILES string of the molecule is O=C(O)C(F)(F)F.O=S(=O)(Nc1nccs1)c1ccc2c(c1)OCCN2c1ccccc1-c1ccc(O)nc1. The Hall–Kier alpha value is -4.37. The molecule has 1 aliphatic rings. The summed E-state index contributed by atoms with van der Waals surface area (Å²) >= 11 is 1.21. The quantitative estimate of drug-likeness (QED) is 0.301. The smallest absolute Gasteiger partial charge is 0.490 e. The Bertz CT molecular complexity index is 1560. The first-order valence-corrected chi connectivity index (χ1v) is 13.3. The van der Waals surface area contributed by atoms with Gasteiger partial charge in [0.1, 0.15) is 12.4 Å². The van der Waals surface area contributed by atoms with E-state index >= 15 is 0 Å². The summed E-state index contributed by atoms with van der Waals surface area (Å²) in [6, 6.07) is 16.0. The van der Waals surface area contributed by atoms with Gasteiger partial charge in [-0.2, -0.15) is 13.2 Å². The van der Waals surface area contributed by atoms with E-state index in [1.165, 1.54) is 23.6 Å². The predicted molar refractivity (Wildman–Crippen MR) is 137 cm³/mol. The first-order chi connectivity index (χ1) is 18.5. The number of aromatic nitrogens is 2. The molecule has 1 aliphatic heterocycles. The van der Waals surface area contributed by atoms with Crippen molar-refractivity contribution in [3.8, 4) is 22.8 Å². The minimum absolute atomic E-state index is 0.0388. The topological polar surface area (TPSA) is 142 Å². The second kappa shape index (κ2) is 11.2. The number of benzene rings is 2. The highest BCUT2D eigenvalue weighted by Crippen LogP contribution is 2.42. The average Bonchev–Trinajstić information content (AvgIpc) is 3.41. The molecule has 3 heterocycles. The van der Waals surface area contributed by atoms with Crippen LogP contribution in [0.5, 0.6) is 11.6 Å². The Kier molecular flexibility index (Phi) is 7.92. The van der Waals surface area contributed by atoms with Crippen LogP contribution in [0.1, 0.15) is 0 Å². The van der Waals surface area contributed by atoms with Crippen LogP contribution in [0.3, 0.4) is 0 Å². The molecule has 0 radical (unpaired) electrons. The number of carbonyl (C=O) groups is 1. The van der Waals surface area contributed by atoms with Crippen LogP contribution in [-0.2, 0) is 14.8 Å². The summed E-state index contributed by atoms with van der Waals surface area (Å²) in [6.45, 7) is 0.998. The summed E-state index contributed by atoms with van der Waals surface area (Å²) < 4.78 is 65.6. The van der Waals surface area contributed by atoms with Crippen molar-refractivity contribution in [3.05, 3.63) is 72.4 Å². The number of carboxylic acid groups (broad SMARTS) is 1. The van der Waals surface area contributed by atoms with Gasteiger partial charge in [0.25, 0.3) is 10.0 Å². The minimum atomic E-state index is -5.08. The summed E-state index contributed by atoms with van der Waals surface area (Å²) in [5.41, 5.74) is 3.50. The maximum absolute atomic E-state index is 12.8. The minimum Gasteiger partial charge on any atom is -0.493 e. The molecule has 0 atom stereocenters. The molecule has 0 saturated heterocycles. The van der Waals surface area contributed by atoms with Crippen molar-refractivity contribution in [2.24, 2.45) is 0 Å². The Morgan fingerprint density at radius 3 is 2.46 bits per heavy atom. The molecule has 0 saturated carbocycles. The molecule has 204 valence electrons. The van der Waals surface area contributed by atoms with Gasteiger partial charge >= 0.3 is 12.1 Å². The predicted octanol–water partition coefficient (Wildman–Crippen LogP) is 4.88. The molecule has 0 spiro atoms. The van der Waals surface area contributed by atoms with Gasteiger partial charge in [-0.25, -0.2) is 23.2 Å². The second-order valence-electron chi connectivity index (χ2n) is 7.80. The molecule has 2 aromatic heterocycles. The first-order valence-electron chi connectivity index (χ1n) is 11.0. The van der Waals surface area contributed by atoms with Crippen molar-refractivity contribution in [2.45, 2.75) is 11.1 Å². The zero-order chi connectivity index (χ0) is 28.2. The summed E-state index contributed by atoms with van der Waals surface area (Å²) in [6.07, 6.45) is -1.92. The Labute approximate surface area is 224 Å². The lowest BCUT2D eigenvalue weighted by Gasteiger charge is -2.33. The maximum Gasteiger partial charge on any atom is 0.490 e. The van der Waals surface area contributed by atoms with Crippen LogP contribution in [-0.4, -0.2) is 53.9 Å². The van der Waals surface area contributed by atoms with Crippen LogP contribution in [0.25, 0.3) is 11.1 Å². The van der Waals surface area contributed by atoms with E-state index < -0.39 is 22.2 Å². The number of rotatable bonds is 5. The molecular weight excluding hydrogens is 561 g/mol. The van der Waals surface area contributed by atoms with Crippen LogP contribution in [0.15, 0.2) is 77.3 Å². The van der Waals surface area contributed by atoms with E-state index in [0.29, 0.717) is 24.0 Å². The number of hydrogen-bond donors (Lipinski definition) is 3. The van der Waals surface area contributed by atoms with Crippen LogP contribution in [0.4, 0.5) is 29.7 Å². The Morgan fingerprint density at radius 1 is 1.08 bits per heavy atom. The maximum atomic E-state index is 12.8. The number of fused-ring (bicyclic) bond motifs is 1. The Balaban J connectivity index is 0.000000448. The molecule has 0 amide bonds. The van der Waals surface area contributed by atoms with Crippen molar-refractivity contribution in [3.63, 3.8) is 0 Å². The van der Waals surface area contributed by atoms with E-state index in [0.717, 1.165) is 22.5 Å². The number of ether oxygens (including phenoxy) is 1. The van der Waals surface area contributed by atoms with Crippen molar-refractivity contribution in [1.82, 2.24) is 9.97 Å². The number of nitrogens with one attached hydrogen (secondary N) is 1. The molecule has 10 nitrogen and oxygen atoms in total. The third-order valence-corrected chi connectivity index (χ3v) is 7.41. The summed E-state index contributed by atoms with van der Waals surface area (Å²) in [5, 5.41) is 18.7. The van der Waals surface area contributed by atoms with Crippen LogP contribution in [0.2, 0.25) is 0 Å². The standard InChI is InChI=1S/C22H18N4O4S2.C2HF3O2/c27-21-8-5-15(14-24-21)17-3-1-2-4-18(17)26-10-11-30-20-13-16(6-7-19(20)26)32(28,29)25-22-23-9-12-31-22;3-2(4,5)1(6)7/h1-9,12-14H,10-11H2,(H,23,25)(H,24,27);(H,6,7). The fourth-order valence-corrected chi connectivity index (χ4v) is 5.37. The lowest BCUT2D eigenvalue weighted by atomic mass is 10.0. The first kappa shape index (κ1) is 27.7. The molecule has 2 aromatic carbocycles. The fourth-order valence-electron chi connectivity index (χ4n) is 3.56. The average molecular weight is 581 g/mol. The van der Waals surface area contributed by atoms with Gasteiger partial charge < -0.3 is 19.8 Å². The molecule has 0 unspecified atom stereocenters. The fraction of sp³-hybridized carbons (Fsp3) is 0.125. The van der Waals surface area contributed by atoms with Crippen molar-refractivity contribution < 1.29 is 41.3 Å². The van der Waals surface area contributed by atoms with Gasteiger partial charge in [0.15, 0.2) is 5.13 Å². The molecule has 4 aromatic rings. The lowest BCUT2D eigenvalue weighted by Crippen LogP contribution is -2.29. The number of para-hydroxylation sites is 1. The molecule has 0 fully saturated rings. The van der Waals surface area contributed by atoms with Crippen LogP contribution < -0.4 is 14.4 Å². The summed E-state index contributed by atoms with van der Waals surface area (Å²) in [5.74, 6) is -2.31. The third kappa shape index (κ3) is 6.56. The van der Waals surface area contributed by atoms with Crippen molar-refractivity contribution in [2.75, 3.05) is 22.8 Å². The van der Waals surface area contributed by atoms with E-state index in [-0.39, 0.29) is 10.8 Å². The number of aromatic hydroxyl groups is 1. The molecule has 0 aliphatic carbocycles. The molecule has 5 rings (SSSR count). The monoisotopic (exact) mass is 580 g/mol. The van der Waals surface area contributed by atoms with E-state index in [1.807, 2.05) is 30.3 Å². The largest absolute Gasteiger partial charge is 0.493 e.